The Labute approximate surface area is 241 Å². The topological polar surface area (TPSA) is 159 Å². The third-order valence-electron chi connectivity index (χ3n) is 5.84. The zero-order valence-electron chi connectivity index (χ0n) is 22.4. The highest BCUT2D eigenvalue weighted by Crippen LogP contribution is 2.50. The largest absolute Gasteiger partial charge is 0.462 e. The lowest BCUT2D eigenvalue weighted by Crippen LogP contribution is -2.39. The van der Waals surface area contributed by atoms with Gasteiger partial charge in [-0.1, -0.05) is 41.4 Å². The number of nitrogens with one attached hydrogen (secondary N) is 2. The number of nitrogens with zero attached hydrogens (tertiary/aromatic N) is 4. The normalized spacial score (nSPS) is 22.7. The molecule has 0 unspecified atom stereocenters. The second kappa shape index (κ2) is 12.2. The van der Waals surface area contributed by atoms with E-state index in [0.29, 0.717) is 22.8 Å². The number of hydrogen-bond acceptors (Lipinski definition) is 11. The molecular weight excluding hydrogens is 586 g/mol. The standard InChI is InChI=1S/C24H31Cl2N6O7P/c1-13(2)37-22(34)14(3)31-40(35,39-16-9-7-6-8-10-16)36-11-17-19(33)24(25,26)23(38-17)32-12-28-18-20(27-5)29-15(4)30-21(18)32/h6-10,12-14,17,19,23,33H,11H2,1-5H3,(H,31,35)(H,27,29,30)/t14-,17+,19+,23+,40-/m0/s1. The fraction of sp³-hybridized carbons (Fsp3) is 0.500. The van der Waals surface area contributed by atoms with Crippen molar-refractivity contribution in [2.45, 2.75) is 62.6 Å². The number of carbonyl (C=O) groups is 1. The van der Waals surface area contributed by atoms with E-state index in [4.69, 9.17) is 41.7 Å². The molecule has 3 aromatic rings. The van der Waals surface area contributed by atoms with Gasteiger partial charge in [0.05, 0.1) is 19.0 Å². The molecule has 5 atom stereocenters. The van der Waals surface area contributed by atoms with Gasteiger partial charge in [-0.05, 0) is 39.8 Å². The smallest absolute Gasteiger partial charge is 0.459 e. The highest BCUT2D eigenvalue weighted by molar-refractivity contribution is 7.52. The number of alkyl halides is 2. The number of anilines is 1. The van der Waals surface area contributed by atoms with Crippen LogP contribution in [0, 0.1) is 6.92 Å². The van der Waals surface area contributed by atoms with Crippen LogP contribution in [0.4, 0.5) is 5.82 Å². The molecule has 0 radical (unpaired) electrons. The maximum atomic E-state index is 13.8. The fourth-order valence-corrected chi connectivity index (χ4v) is 6.08. The Bertz CT molecular complexity index is 1390. The summed E-state index contributed by atoms with van der Waals surface area (Å²) in [4.78, 5) is 25.5. The van der Waals surface area contributed by atoms with Crippen molar-refractivity contribution in [2.24, 2.45) is 0 Å². The number of hydrogen-bond donors (Lipinski definition) is 3. The van der Waals surface area contributed by atoms with E-state index in [-0.39, 0.29) is 11.9 Å². The summed E-state index contributed by atoms with van der Waals surface area (Å²) in [6, 6.07) is 7.20. The first-order chi connectivity index (χ1) is 18.8. The number of ether oxygens (including phenoxy) is 2. The lowest BCUT2D eigenvalue weighted by atomic mass is 10.2. The van der Waals surface area contributed by atoms with Gasteiger partial charge in [-0.3, -0.25) is 13.9 Å². The first-order valence-corrected chi connectivity index (χ1v) is 14.7. The van der Waals surface area contributed by atoms with Gasteiger partial charge >= 0.3 is 13.7 Å². The molecule has 13 nitrogen and oxygen atoms in total. The zero-order valence-corrected chi connectivity index (χ0v) is 24.9. The van der Waals surface area contributed by atoms with Crippen molar-refractivity contribution in [1.29, 1.82) is 0 Å². The number of halogens is 2. The van der Waals surface area contributed by atoms with Gasteiger partial charge in [0.2, 0.25) is 0 Å². The maximum absolute atomic E-state index is 13.8. The summed E-state index contributed by atoms with van der Waals surface area (Å²) >= 11 is 13.2. The lowest BCUT2D eigenvalue weighted by Gasteiger charge is -2.25. The number of aliphatic hydroxyl groups excluding tert-OH is 1. The van der Waals surface area contributed by atoms with E-state index in [9.17, 15) is 14.5 Å². The number of fused-ring (bicyclic) bond motifs is 1. The van der Waals surface area contributed by atoms with Crippen molar-refractivity contribution < 1.29 is 33.0 Å². The molecule has 40 heavy (non-hydrogen) atoms. The minimum Gasteiger partial charge on any atom is -0.462 e. The van der Waals surface area contributed by atoms with Crippen molar-refractivity contribution in [1.82, 2.24) is 24.6 Å². The van der Waals surface area contributed by atoms with Crippen LogP contribution in [0.25, 0.3) is 11.2 Å². The van der Waals surface area contributed by atoms with Gasteiger partial charge in [0.15, 0.2) is 27.5 Å². The number of aliphatic hydroxyl groups is 1. The van der Waals surface area contributed by atoms with E-state index >= 15 is 0 Å². The Balaban J connectivity index is 1.56. The van der Waals surface area contributed by atoms with E-state index in [1.807, 2.05) is 0 Å². The highest BCUT2D eigenvalue weighted by Gasteiger charge is 2.56. The fourth-order valence-electron chi connectivity index (χ4n) is 3.98. The Morgan fingerprint density at radius 1 is 1.25 bits per heavy atom. The molecule has 1 saturated heterocycles. The number of esters is 1. The van der Waals surface area contributed by atoms with Crippen LogP contribution in [-0.4, -0.2) is 72.9 Å². The predicted molar refractivity (Wildman–Crippen MR) is 148 cm³/mol. The van der Waals surface area contributed by atoms with Crippen LogP contribution in [0.5, 0.6) is 5.75 Å². The van der Waals surface area contributed by atoms with Gasteiger partial charge in [0.25, 0.3) is 0 Å². The van der Waals surface area contributed by atoms with Crippen LogP contribution in [0.3, 0.4) is 0 Å². The number of imidazole rings is 1. The van der Waals surface area contributed by atoms with Gasteiger partial charge < -0.3 is 24.4 Å². The number of para-hydroxylation sites is 1. The van der Waals surface area contributed by atoms with Gasteiger partial charge in [-0.15, -0.1) is 0 Å². The van der Waals surface area contributed by atoms with Crippen LogP contribution in [0.15, 0.2) is 36.7 Å². The Morgan fingerprint density at radius 2 is 1.95 bits per heavy atom. The Morgan fingerprint density at radius 3 is 2.60 bits per heavy atom. The number of carbonyl (C=O) groups excluding carboxylic acids is 1. The molecule has 1 aliphatic rings. The Hall–Kier alpha value is -2.51. The van der Waals surface area contributed by atoms with E-state index < -0.39 is 49.1 Å². The third-order valence-corrected chi connectivity index (χ3v) is 8.30. The van der Waals surface area contributed by atoms with Crippen LogP contribution in [-0.2, 0) is 23.4 Å². The Kier molecular flexibility index (Phi) is 9.25. The summed E-state index contributed by atoms with van der Waals surface area (Å²) in [5.41, 5.74) is 0.820. The van der Waals surface area contributed by atoms with Crippen molar-refractivity contribution in [3.8, 4) is 5.75 Å². The molecule has 0 saturated carbocycles. The van der Waals surface area contributed by atoms with Crippen molar-refractivity contribution in [2.75, 3.05) is 19.0 Å². The number of benzene rings is 1. The summed E-state index contributed by atoms with van der Waals surface area (Å²) in [7, 11) is -2.53. The minimum atomic E-state index is -4.23. The van der Waals surface area contributed by atoms with Gasteiger partial charge in [-0.2, -0.15) is 5.09 Å². The second-order valence-electron chi connectivity index (χ2n) is 9.37. The molecular formula is C24H31Cl2N6O7P. The molecule has 1 fully saturated rings. The summed E-state index contributed by atoms with van der Waals surface area (Å²) in [6.07, 6.45) is -2.75. The van der Waals surface area contributed by atoms with Crippen molar-refractivity contribution in [3.05, 3.63) is 42.5 Å². The van der Waals surface area contributed by atoms with Crippen LogP contribution in [0.1, 0.15) is 32.8 Å². The summed E-state index contributed by atoms with van der Waals surface area (Å²) in [6.45, 7) is 6.09. The average Bonchev–Trinajstić information content (AvgIpc) is 3.40. The summed E-state index contributed by atoms with van der Waals surface area (Å²) in [5.74, 6) is 0.517. The monoisotopic (exact) mass is 616 g/mol. The quantitative estimate of drug-likeness (QED) is 0.163. The molecule has 1 aromatic carbocycles. The van der Waals surface area contributed by atoms with Gasteiger partial charge in [0.1, 0.15) is 29.8 Å². The van der Waals surface area contributed by atoms with Gasteiger partial charge in [0, 0.05) is 7.05 Å². The lowest BCUT2D eigenvalue weighted by molar-refractivity contribution is -0.149. The SMILES string of the molecule is CNc1nc(C)nc2c1ncn2[C@@H]1O[C@H](CO[P@@](=O)(N[C@@H](C)C(=O)OC(C)C)Oc2ccccc2)[C@@H](O)C1(Cl)Cl. The molecule has 1 aliphatic heterocycles. The summed E-state index contributed by atoms with van der Waals surface area (Å²) in [5, 5.41) is 16.5. The minimum absolute atomic E-state index is 0.220. The molecule has 16 heteroatoms. The van der Waals surface area contributed by atoms with E-state index in [1.165, 1.54) is 17.8 Å². The first-order valence-electron chi connectivity index (χ1n) is 12.4. The average molecular weight is 617 g/mol. The molecule has 0 aliphatic carbocycles. The first kappa shape index (κ1) is 30.4. The molecule has 0 amide bonds. The molecule has 218 valence electrons. The number of rotatable bonds is 11. The third kappa shape index (κ3) is 6.52. The van der Waals surface area contributed by atoms with E-state index in [2.05, 4.69) is 25.4 Å². The number of aryl methyl sites for hydroxylation is 1. The summed E-state index contributed by atoms with van der Waals surface area (Å²) < 4.78 is 35.9. The molecule has 3 heterocycles. The second-order valence-corrected chi connectivity index (χ2v) is 12.5. The van der Waals surface area contributed by atoms with Crippen LogP contribution >= 0.6 is 30.9 Å². The van der Waals surface area contributed by atoms with Crippen molar-refractivity contribution >= 4 is 53.9 Å². The van der Waals surface area contributed by atoms with Crippen LogP contribution in [0.2, 0.25) is 0 Å². The van der Waals surface area contributed by atoms with Crippen molar-refractivity contribution in [3.63, 3.8) is 0 Å². The molecule has 0 bridgehead atoms. The predicted octanol–water partition coefficient (Wildman–Crippen LogP) is 3.74. The molecule has 3 N–H and O–H groups in total. The van der Waals surface area contributed by atoms with Crippen LogP contribution < -0.4 is 14.9 Å². The maximum Gasteiger partial charge on any atom is 0.459 e. The van der Waals surface area contributed by atoms with E-state index in [1.54, 1.807) is 58.2 Å². The number of aromatic nitrogens is 4. The highest BCUT2D eigenvalue weighted by atomic mass is 35.5. The zero-order chi connectivity index (χ0) is 29.2. The molecule has 0 spiro atoms. The molecule has 2 aromatic heterocycles. The van der Waals surface area contributed by atoms with E-state index in [0.717, 1.165) is 0 Å². The molecule has 4 rings (SSSR count). The van der Waals surface area contributed by atoms with Gasteiger partial charge in [-0.25, -0.2) is 19.5 Å².